The minimum atomic E-state index is -2.35. The van der Waals surface area contributed by atoms with Gasteiger partial charge in [-0.05, 0) is 12.5 Å². The lowest BCUT2D eigenvalue weighted by Gasteiger charge is -2.37. The van der Waals surface area contributed by atoms with Crippen molar-refractivity contribution in [2.45, 2.75) is 36.1 Å². The average Bonchev–Trinajstić information content (AvgIpc) is 2.86. The second kappa shape index (κ2) is 5.54. The molecule has 2 aliphatic heterocycles. The third-order valence-electron chi connectivity index (χ3n) is 3.53. The monoisotopic (exact) mass is 329 g/mol. The molecular formula is C15H16ClNO3S. The lowest BCUT2D eigenvalue weighted by molar-refractivity contribution is -0.162. The highest BCUT2D eigenvalue weighted by molar-refractivity contribution is 8.01. The standard InChI is InChI=1S/C15H16ClNO3S/c1-15(9-16)13(17-11(18)7-12(17)21-15)14(19)20-8-10-5-3-2-4-6-10/h2-6,12-13H,7-9H2,1H3/t12-,13+,15+/m1/s1/i7D2,9D2. The number of ether oxygens (including phenoxy) is 1. The number of thioether (sulfide) groups is 1. The van der Waals surface area contributed by atoms with Crippen molar-refractivity contribution in [3.8, 4) is 0 Å². The topological polar surface area (TPSA) is 46.6 Å². The first kappa shape index (κ1) is 10.5. The van der Waals surface area contributed by atoms with Crippen LogP contribution in [0.4, 0.5) is 0 Å². The molecular weight excluding hydrogens is 310 g/mol. The molecule has 0 saturated carbocycles. The van der Waals surface area contributed by atoms with Gasteiger partial charge in [0, 0.05) is 11.3 Å². The number of rotatable bonds is 4. The van der Waals surface area contributed by atoms with E-state index < -0.39 is 40.2 Å². The van der Waals surface area contributed by atoms with E-state index in [0.717, 1.165) is 22.2 Å². The average molecular weight is 330 g/mol. The van der Waals surface area contributed by atoms with Crippen molar-refractivity contribution >= 4 is 35.2 Å². The molecule has 1 aromatic carbocycles. The van der Waals surface area contributed by atoms with E-state index in [1.54, 1.807) is 24.3 Å². The number of benzene rings is 1. The Balaban J connectivity index is 1.85. The molecule has 0 radical (unpaired) electrons. The molecule has 1 amide bonds. The van der Waals surface area contributed by atoms with E-state index >= 15 is 0 Å². The van der Waals surface area contributed by atoms with Crippen molar-refractivity contribution in [2.75, 3.05) is 5.83 Å². The second-order valence-corrected chi connectivity index (χ2v) is 6.74. The molecule has 4 nitrogen and oxygen atoms in total. The molecule has 21 heavy (non-hydrogen) atoms. The molecule has 0 aliphatic carbocycles. The SMILES string of the molecule is [2H]C1([2H])C(=O)N2[C@@H](C(=O)OCc3ccccc3)[C@](C)(C([2H])([2H])Cl)S[C@@H]21. The fourth-order valence-electron chi connectivity index (χ4n) is 2.41. The van der Waals surface area contributed by atoms with E-state index in [2.05, 4.69) is 0 Å². The molecule has 6 heteroatoms. The Hall–Kier alpha value is -1.20. The van der Waals surface area contributed by atoms with Crippen molar-refractivity contribution in [3.05, 3.63) is 35.9 Å². The highest BCUT2D eigenvalue weighted by Crippen LogP contribution is 2.51. The molecule has 2 aliphatic rings. The van der Waals surface area contributed by atoms with Crippen LogP contribution in [0.1, 0.15) is 24.3 Å². The summed E-state index contributed by atoms with van der Waals surface area (Å²) < 4.78 is 35.1. The minimum Gasteiger partial charge on any atom is -0.459 e. The van der Waals surface area contributed by atoms with Gasteiger partial charge in [0.05, 0.1) is 16.5 Å². The van der Waals surface area contributed by atoms with Gasteiger partial charge in [-0.1, -0.05) is 30.3 Å². The van der Waals surface area contributed by atoms with Crippen LogP contribution < -0.4 is 0 Å². The van der Waals surface area contributed by atoms with E-state index in [-0.39, 0.29) is 6.61 Å². The van der Waals surface area contributed by atoms with Crippen LogP contribution in [0.3, 0.4) is 0 Å². The number of alkyl halides is 1. The Morgan fingerprint density at radius 3 is 3.00 bits per heavy atom. The van der Waals surface area contributed by atoms with Gasteiger partial charge >= 0.3 is 5.97 Å². The number of hydrogen-bond acceptors (Lipinski definition) is 4. The molecule has 0 N–H and O–H groups in total. The van der Waals surface area contributed by atoms with Gasteiger partial charge in [0.25, 0.3) is 0 Å². The number of halogens is 1. The molecule has 2 saturated heterocycles. The number of β-lactam (4-membered cyclic amide) rings is 1. The first-order valence-electron chi connectivity index (χ1n) is 8.40. The van der Waals surface area contributed by atoms with Gasteiger partial charge in [0.15, 0.2) is 0 Å². The van der Waals surface area contributed by atoms with Crippen LogP contribution in [0.15, 0.2) is 30.3 Å². The van der Waals surface area contributed by atoms with Crippen molar-refractivity contribution in [3.63, 3.8) is 0 Å². The predicted octanol–water partition coefficient (Wildman–Crippen LogP) is 2.40. The summed E-state index contributed by atoms with van der Waals surface area (Å²) in [5.41, 5.74) is 0.749. The molecule has 2 fully saturated rings. The number of carbonyl (C=O) groups excluding carboxylic acids is 2. The first-order valence-corrected chi connectivity index (χ1v) is 7.66. The largest absolute Gasteiger partial charge is 0.459 e. The van der Waals surface area contributed by atoms with E-state index in [9.17, 15) is 9.59 Å². The molecule has 0 bridgehead atoms. The highest BCUT2D eigenvalue weighted by Gasteiger charge is 2.60. The third kappa shape index (κ3) is 2.53. The van der Waals surface area contributed by atoms with Crippen molar-refractivity contribution < 1.29 is 19.8 Å². The summed E-state index contributed by atoms with van der Waals surface area (Å²) in [4.78, 5) is 25.8. The van der Waals surface area contributed by atoms with Crippen LogP contribution in [0.2, 0.25) is 0 Å². The molecule has 0 unspecified atom stereocenters. The fourth-order valence-corrected chi connectivity index (χ4v) is 3.99. The third-order valence-corrected chi connectivity index (χ3v) is 5.41. The summed E-state index contributed by atoms with van der Waals surface area (Å²) in [6, 6.07) is 7.65. The van der Waals surface area contributed by atoms with E-state index in [1.165, 1.54) is 6.92 Å². The molecule has 3 atom stereocenters. The van der Waals surface area contributed by atoms with Crippen LogP contribution >= 0.6 is 23.4 Å². The Kier molecular flexibility index (Phi) is 2.77. The number of fused-ring (bicyclic) bond motifs is 1. The van der Waals surface area contributed by atoms with Crippen LogP contribution in [-0.2, 0) is 20.9 Å². The van der Waals surface area contributed by atoms with E-state index in [4.69, 9.17) is 21.8 Å². The molecule has 3 rings (SSSR count). The zero-order valence-electron chi connectivity index (χ0n) is 15.2. The maximum Gasteiger partial charge on any atom is 0.330 e. The van der Waals surface area contributed by atoms with Gasteiger partial charge in [-0.3, -0.25) is 4.79 Å². The zero-order valence-corrected chi connectivity index (χ0v) is 12.8. The van der Waals surface area contributed by atoms with Gasteiger partial charge in [0.2, 0.25) is 5.91 Å². The normalized spacial score (nSPS) is 36.7. The highest BCUT2D eigenvalue weighted by atomic mass is 35.5. The Bertz CT molecular complexity index is 714. The van der Waals surface area contributed by atoms with Gasteiger partial charge in [0.1, 0.15) is 12.6 Å². The molecule has 1 aromatic rings. The number of nitrogens with zero attached hydrogens (tertiary/aromatic N) is 1. The summed E-state index contributed by atoms with van der Waals surface area (Å²) in [5.74, 6) is -3.99. The maximum absolute atomic E-state index is 12.7. The number of carbonyl (C=O) groups is 2. The number of amides is 1. The van der Waals surface area contributed by atoms with E-state index in [1.807, 2.05) is 6.07 Å². The lowest BCUT2D eigenvalue weighted by Crippen LogP contribution is -2.58. The minimum absolute atomic E-state index is 0.0260. The van der Waals surface area contributed by atoms with Gasteiger partial charge < -0.3 is 9.64 Å². The van der Waals surface area contributed by atoms with Gasteiger partial charge in [-0.25, -0.2) is 4.79 Å². The maximum atomic E-state index is 12.7. The zero-order chi connectivity index (χ0) is 18.6. The van der Waals surface area contributed by atoms with Crippen LogP contribution in [0.5, 0.6) is 0 Å². The summed E-state index contributed by atoms with van der Waals surface area (Å²) in [7, 11) is 0. The predicted molar refractivity (Wildman–Crippen MR) is 82.0 cm³/mol. The summed E-state index contributed by atoms with van der Waals surface area (Å²) in [5, 5.41) is -0.965. The number of esters is 1. The quantitative estimate of drug-likeness (QED) is 0.483. The molecule has 2 heterocycles. The Morgan fingerprint density at radius 1 is 1.62 bits per heavy atom. The van der Waals surface area contributed by atoms with Crippen molar-refractivity contribution in [1.82, 2.24) is 4.90 Å². The smallest absolute Gasteiger partial charge is 0.330 e. The first-order chi connectivity index (χ1) is 11.5. The summed E-state index contributed by atoms with van der Waals surface area (Å²) in [6.45, 7) is 1.39. The van der Waals surface area contributed by atoms with Crippen molar-refractivity contribution in [1.29, 1.82) is 0 Å². The Morgan fingerprint density at radius 2 is 2.33 bits per heavy atom. The molecule has 112 valence electrons. The van der Waals surface area contributed by atoms with Crippen LogP contribution in [0, 0.1) is 0 Å². The second-order valence-electron chi connectivity index (χ2n) is 5.02. The number of hydrogen-bond donors (Lipinski definition) is 0. The van der Waals surface area contributed by atoms with E-state index in [0.29, 0.717) is 0 Å². The van der Waals surface area contributed by atoms with Crippen molar-refractivity contribution in [2.24, 2.45) is 0 Å². The molecule has 0 spiro atoms. The fraction of sp³-hybridized carbons (Fsp3) is 0.467. The van der Waals surface area contributed by atoms with Gasteiger partial charge in [-0.15, -0.1) is 23.4 Å². The summed E-state index contributed by atoms with van der Waals surface area (Å²) >= 11 is 6.74. The van der Waals surface area contributed by atoms with Crippen LogP contribution in [-0.4, -0.2) is 38.8 Å². The van der Waals surface area contributed by atoms with Gasteiger partial charge in [-0.2, -0.15) is 0 Å². The lowest BCUT2D eigenvalue weighted by atomic mass is 9.98. The van der Waals surface area contributed by atoms with Crippen LogP contribution in [0.25, 0.3) is 0 Å². The Labute approximate surface area is 138 Å². The molecule has 0 aromatic heterocycles. The summed E-state index contributed by atoms with van der Waals surface area (Å²) in [6.07, 6.45) is -2.15.